The second kappa shape index (κ2) is 11.8. The number of rotatable bonds is 11. The summed E-state index contributed by atoms with van der Waals surface area (Å²) in [6, 6.07) is 5.10. The van der Waals surface area contributed by atoms with Gasteiger partial charge in [0.2, 0.25) is 0 Å². The van der Waals surface area contributed by atoms with Crippen molar-refractivity contribution in [2.45, 2.75) is 11.3 Å². The number of nitrogens with zero attached hydrogens (tertiary/aromatic N) is 2. The lowest BCUT2D eigenvalue weighted by molar-refractivity contribution is 0.0916. The van der Waals surface area contributed by atoms with Crippen molar-refractivity contribution in [2.75, 3.05) is 39.9 Å². The molecule has 31 heavy (non-hydrogen) atoms. The summed E-state index contributed by atoms with van der Waals surface area (Å²) in [5, 5.41) is 12.2. The molecule has 0 bridgehead atoms. The van der Waals surface area contributed by atoms with Gasteiger partial charge in [-0.2, -0.15) is 0 Å². The zero-order chi connectivity index (χ0) is 22.1. The van der Waals surface area contributed by atoms with Crippen LogP contribution in [0.5, 0.6) is 0 Å². The van der Waals surface area contributed by atoms with Gasteiger partial charge in [0, 0.05) is 59.7 Å². The van der Waals surface area contributed by atoms with Crippen molar-refractivity contribution in [3.8, 4) is 0 Å². The summed E-state index contributed by atoms with van der Waals surface area (Å²) in [5.41, 5.74) is 1.51. The van der Waals surface area contributed by atoms with Gasteiger partial charge in [-0.15, -0.1) is 24.0 Å². The van der Waals surface area contributed by atoms with Gasteiger partial charge in [0.25, 0.3) is 11.8 Å². The highest BCUT2D eigenvalue weighted by atomic mass is 32.1. The summed E-state index contributed by atoms with van der Waals surface area (Å²) < 4.78 is 5.40. The van der Waals surface area contributed by atoms with Crippen LogP contribution < -0.4 is 16.0 Å². The Labute approximate surface area is 190 Å². The van der Waals surface area contributed by atoms with E-state index in [1.54, 1.807) is 35.7 Å². The smallest absolute Gasteiger partial charge is 0.252 e. The van der Waals surface area contributed by atoms with Gasteiger partial charge in [-0.25, -0.2) is 4.98 Å². The summed E-state index contributed by atoms with van der Waals surface area (Å²) in [6.45, 7) is 2.67. The number of benzene rings is 1. The minimum absolute atomic E-state index is 0.222. The van der Waals surface area contributed by atoms with E-state index in [1.807, 2.05) is 12.4 Å². The molecule has 0 atom stereocenters. The Morgan fingerprint density at radius 2 is 1.77 bits per heavy atom. The number of pyridine rings is 1. The quantitative estimate of drug-likeness (QED) is 0.258. The highest BCUT2D eigenvalue weighted by molar-refractivity contribution is 7.80. The maximum Gasteiger partial charge on any atom is 0.252 e. The summed E-state index contributed by atoms with van der Waals surface area (Å²) in [6.07, 6.45) is 3.94. The number of thiol groups is 1. The van der Waals surface area contributed by atoms with Crippen LogP contribution in [0.1, 0.15) is 25.7 Å². The van der Waals surface area contributed by atoms with Crippen LogP contribution in [0.3, 0.4) is 0 Å². The first-order valence-electron chi connectivity index (χ1n) is 9.88. The van der Waals surface area contributed by atoms with Gasteiger partial charge in [-0.05, 0) is 25.2 Å². The van der Waals surface area contributed by atoms with Crippen molar-refractivity contribution in [3.05, 3.63) is 52.1 Å². The highest BCUT2D eigenvalue weighted by Crippen LogP contribution is 2.23. The Balaban J connectivity index is 1.62. The van der Waals surface area contributed by atoms with Gasteiger partial charge in [0.1, 0.15) is 0 Å². The maximum atomic E-state index is 12.5. The van der Waals surface area contributed by atoms with Crippen molar-refractivity contribution < 1.29 is 14.3 Å². The molecule has 2 heterocycles. The Morgan fingerprint density at radius 3 is 2.55 bits per heavy atom. The van der Waals surface area contributed by atoms with Gasteiger partial charge < -0.3 is 20.7 Å². The number of ether oxygens (including phenoxy) is 1. The van der Waals surface area contributed by atoms with E-state index in [0.29, 0.717) is 59.6 Å². The fraction of sp³-hybridized carbons (Fsp3) is 0.333. The lowest BCUT2D eigenvalue weighted by atomic mass is 10.1. The Morgan fingerprint density at radius 1 is 1.03 bits per heavy atom. The van der Waals surface area contributed by atoms with Gasteiger partial charge >= 0.3 is 0 Å². The van der Waals surface area contributed by atoms with E-state index in [1.165, 1.54) is 6.20 Å². The lowest BCUT2D eigenvalue weighted by Crippen LogP contribution is -2.28. The molecule has 10 heteroatoms. The molecule has 0 unspecified atom stereocenters. The normalized spacial score (nSPS) is 10.9. The predicted molar refractivity (Wildman–Crippen MR) is 124 cm³/mol. The molecule has 3 rings (SSSR count). The second-order valence-corrected chi connectivity index (χ2v) is 8.16. The number of fused-ring (bicyclic) bond motifs is 1. The molecule has 0 fully saturated rings. The minimum Gasteiger partial charge on any atom is -0.378 e. The fourth-order valence-corrected chi connectivity index (χ4v) is 3.81. The summed E-state index contributed by atoms with van der Waals surface area (Å²) in [4.78, 5) is 34.1. The molecule has 3 N–H and O–H groups in total. The molecule has 0 aliphatic heterocycles. The van der Waals surface area contributed by atoms with Crippen molar-refractivity contribution in [1.29, 1.82) is 0 Å². The zero-order valence-electron chi connectivity index (χ0n) is 17.2. The Hall–Kier alpha value is -2.53. The monoisotopic (exact) mass is 459 g/mol. The molecular weight excluding hydrogens is 434 g/mol. The van der Waals surface area contributed by atoms with Crippen molar-refractivity contribution in [2.24, 2.45) is 0 Å². The molecule has 1 aromatic carbocycles. The van der Waals surface area contributed by atoms with Crippen molar-refractivity contribution in [1.82, 2.24) is 25.9 Å². The standard InChI is InChI=1S/C21H25N5O3S2/c1-22-4-7-29-8-5-25-20(27)15-10-14-11-16(13-26-19(14)17(30)12-15)21(28)24-3-2-18-23-6-9-31-18/h6,9-13,22,30H,2-5,7-8H2,1H3,(H,24,28)(H,25,27). The number of aromatic nitrogens is 2. The van der Waals surface area contributed by atoms with Gasteiger partial charge in [-0.1, -0.05) is 0 Å². The van der Waals surface area contributed by atoms with Crippen LogP contribution in [-0.4, -0.2) is 61.7 Å². The lowest BCUT2D eigenvalue weighted by Gasteiger charge is -2.10. The van der Waals surface area contributed by atoms with E-state index < -0.39 is 0 Å². The summed E-state index contributed by atoms with van der Waals surface area (Å²) in [5.74, 6) is -0.451. The molecular formula is C21H25N5O3S2. The SMILES string of the molecule is CNCCOCCNC(=O)c1cc(S)c2ncc(C(=O)NCCc3nccs3)cc2c1. The van der Waals surface area contributed by atoms with Crippen molar-refractivity contribution in [3.63, 3.8) is 0 Å². The van der Waals surface area contributed by atoms with E-state index in [4.69, 9.17) is 4.74 Å². The van der Waals surface area contributed by atoms with Crippen LogP contribution in [0.2, 0.25) is 0 Å². The minimum atomic E-state index is -0.229. The average molecular weight is 460 g/mol. The number of likely N-dealkylation sites (N-methyl/N-ethyl adjacent to an activating group) is 1. The molecule has 2 aromatic heterocycles. The zero-order valence-corrected chi connectivity index (χ0v) is 18.9. The van der Waals surface area contributed by atoms with Crippen LogP contribution in [0, 0.1) is 0 Å². The number of carbonyl (C=O) groups excluding carboxylic acids is 2. The van der Waals surface area contributed by atoms with Crippen molar-refractivity contribution >= 4 is 46.7 Å². The molecule has 0 radical (unpaired) electrons. The topological polar surface area (TPSA) is 105 Å². The molecule has 0 aliphatic carbocycles. The van der Waals surface area contributed by atoms with Crippen LogP contribution in [0.4, 0.5) is 0 Å². The van der Waals surface area contributed by atoms with Gasteiger partial charge in [-0.3, -0.25) is 14.6 Å². The molecule has 0 saturated carbocycles. The molecule has 0 saturated heterocycles. The molecule has 3 aromatic rings. The first-order chi connectivity index (χ1) is 15.1. The van der Waals surface area contributed by atoms with E-state index in [0.717, 1.165) is 11.6 Å². The molecule has 8 nitrogen and oxygen atoms in total. The number of nitrogens with one attached hydrogen (secondary N) is 3. The third-order valence-corrected chi connectivity index (χ3v) is 5.60. The average Bonchev–Trinajstić information content (AvgIpc) is 3.29. The maximum absolute atomic E-state index is 12.5. The van der Waals surface area contributed by atoms with E-state index in [-0.39, 0.29) is 11.8 Å². The Kier molecular flexibility index (Phi) is 8.77. The third kappa shape index (κ3) is 6.73. The van der Waals surface area contributed by atoms with Gasteiger partial charge in [0.15, 0.2) is 0 Å². The number of carbonyl (C=O) groups is 2. The van der Waals surface area contributed by atoms with Gasteiger partial charge in [0.05, 0.1) is 29.3 Å². The number of hydrogen-bond donors (Lipinski definition) is 4. The highest BCUT2D eigenvalue weighted by Gasteiger charge is 2.13. The summed E-state index contributed by atoms with van der Waals surface area (Å²) in [7, 11) is 1.85. The predicted octanol–water partition coefficient (Wildman–Crippen LogP) is 1.92. The third-order valence-electron chi connectivity index (χ3n) is 4.42. The van der Waals surface area contributed by atoms with E-state index >= 15 is 0 Å². The fourth-order valence-electron chi connectivity index (χ4n) is 2.86. The molecule has 0 aliphatic rings. The van der Waals surface area contributed by atoms with Crippen LogP contribution in [0.25, 0.3) is 10.9 Å². The number of amides is 2. The van der Waals surface area contributed by atoms with Crippen LogP contribution in [0.15, 0.2) is 40.9 Å². The first-order valence-corrected chi connectivity index (χ1v) is 11.2. The van der Waals surface area contributed by atoms with E-state index in [2.05, 4.69) is 38.5 Å². The number of thiazole rings is 1. The first kappa shape index (κ1) is 23.1. The largest absolute Gasteiger partial charge is 0.378 e. The molecule has 164 valence electrons. The summed E-state index contributed by atoms with van der Waals surface area (Å²) >= 11 is 6.02. The molecule has 2 amide bonds. The van der Waals surface area contributed by atoms with E-state index in [9.17, 15) is 9.59 Å². The second-order valence-electron chi connectivity index (χ2n) is 6.69. The van der Waals surface area contributed by atoms with Crippen LogP contribution in [-0.2, 0) is 11.2 Å². The Bertz CT molecular complexity index is 1030. The van der Waals surface area contributed by atoms with Crippen LogP contribution >= 0.6 is 24.0 Å². The number of hydrogen-bond acceptors (Lipinski definition) is 8. The molecule has 0 spiro atoms.